The summed E-state index contributed by atoms with van der Waals surface area (Å²) in [5.41, 5.74) is 3.06. The molecule has 1 unspecified atom stereocenters. The van der Waals surface area contributed by atoms with Crippen molar-refractivity contribution in [3.8, 4) is 0 Å². The molecule has 8 N–H and O–H groups in total. The first-order valence-electron chi connectivity index (χ1n) is 22.1. The standard InChI is InChI=1S/C46H54N4O17S5/c1-45(2)40(49(22-12-8-11-16-42(51)48-47)36-19-17-32-34(43(36)45)26-30(69(55,56)57)28-38(32)71(61,62)63)14-9-6-5-7-10-15-41-46(3,21-13-25-68(52,53)54)44-35-27-31(70(58,59)60)29-39(72(64,65)66)33(35)18-20-37(44)50(41)23-24-67-4/h5-7,9-10,14-15,17-20,26-29H,8,11-13,16,21-25,47H2,1-4H3,(H5-,48,51,52,53,54,55,56,57,58,59,60,61,62,63,64,65,66)/p+1. The van der Waals surface area contributed by atoms with Gasteiger partial charge in [0.1, 0.15) is 16.3 Å². The number of allylic oxidation sites excluding steroid dienone is 8. The van der Waals surface area contributed by atoms with Gasteiger partial charge in [-0.05, 0) is 105 Å². The average Bonchev–Trinajstić information content (AvgIpc) is 3.64. The van der Waals surface area contributed by atoms with E-state index in [9.17, 15) is 69.6 Å². The number of nitrogens with one attached hydrogen (secondary N) is 1. The molecule has 0 aromatic heterocycles. The van der Waals surface area contributed by atoms with Gasteiger partial charge in [-0.25, -0.2) is 5.84 Å². The van der Waals surface area contributed by atoms with Crippen molar-refractivity contribution in [2.45, 2.75) is 89.7 Å². The zero-order valence-corrected chi connectivity index (χ0v) is 43.5. The molecule has 0 fully saturated rings. The lowest BCUT2D eigenvalue weighted by Gasteiger charge is -2.30. The highest BCUT2D eigenvalue weighted by molar-refractivity contribution is 7.87. The maximum absolute atomic E-state index is 12.6. The van der Waals surface area contributed by atoms with Gasteiger partial charge in [0, 0.05) is 71.8 Å². The second-order valence-electron chi connectivity index (χ2n) is 17.9. The van der Waals surface area contributed by atoms with E-state index in [1.165, 1.54) is 19.2 Å². The number of ether oxygens (including phenoxy) is 1. The van der Waals surface area contributed by atoms with Crippen molar-refractivity contribution < 1.29 is 79.0 Å². The summed E-state index contributed by atoms with van der Waals surface area (Å²) in [6, 6.07) is 9.60. The lowest BCUT2D eigenvalue weighted by atomic mass is 9.75. The SMILES string of the molecule is COCCN1/C(=C/C=C/C=C/C=C/C2=[N+](CCCCCC(=O)NN)c3ccc4c(S(=O)(=O)O)cc(S(=O)(=O)O)cc4c3C2(C)C)C(C)(CCCS(=O)(=O)O)c2c1ccc1c(S(=O)(=O)O)cc(S(=O)(=O)O)cc21. The van der Waals surface area contributed by atoms with Crippen molar-refractivity contribution >= 4 is 95.1 Å². The highest BCUT2D eigenvalue weighted by Crippen LogP contribution is 2.54. The van der Waals surface area contributed by atoms with Gasteiger partial charge in [0.2, 0.25) is 11.6 Å². The number of fused-ring (bicyclic) bond motifs is 6. The van der Waals surface area contributed by atoms with E-state index in [4.69, 9.17) is 10.6 Å². The Morgan fingerprint density at radius 2 is 1.25 bits per heavy atom. The summed E-state index contributed by atoms with van der Waals surface area (Å²) in [6.45, 7) is 6.18. The molecule has 1 amide bonds. The number of carbonyl (C=O) groups excluding carboxylic acids is 1. The summed E-state index contributed by atoms with van der Waals surface area (Å²) < 4.78 is 182. The van der Waals surface area contributed by atoms with E-state index in [2.05, 4.69) is 5.43 Å². The highest BCUT2D eigenvalue weighted by Gasteiger charge is 2.47. The van der Waals surface area contributed by atoms with Crippen molar-refractivity contribution in [2.75, 3.05) is 37.5 Å². The number of benzene rings is 4. The molecular weight excluding hydrogens is 1040 g/mol. The zero-order valence-electron chi connectivity index (χ0n) is 39.4. The predicted octanol–water partition coefficient (Wildman–Crippen LogP) is 5.55. The van der Waals surface area contributed by atoms with Gasteiger partial charge in [-0.2, -0.15) is 46.7 Å². The fourth-order valence-corrected chi connectivity index (χ4v) is 12.9. The van der Waals surface area contributed by atoms with Gasteiger partial charge in [0.05, 0.1) is 27.6 Å². The fourth-order valence-electron chi connectivity index (χ4n) is 9.68. The Morgan fingerprint density at radius 3 is 1.79 bits per heavy atom. The van der Waals surface area contributed by atoms with Gasteiger partial charge in [-0.3, -0.25) is 33.0 Å². The van der Waals surface area contributed by atoms with Crippen LogP contribution in [0.15, 0.2) is 116 Å². The fraction of sp³-hybridized carbons (Fsp3) is 0.348. The van der Waals surface area contributed by atoms with Crippen LogP contribution in [-0.4, -0.2) is 114 Å². The molecule has 0 saturated heterocycles. The van der Waals surface area contributed by atoms with Crippen molar-refractivity contribution in [3.63, 3.8) is 0 Å². The van der Waals surface area contributed by atoms with Crippen LogP contribution in [0, 0.1) is 0 Å². The van der Waals surface area contributed by atoms with Crippen LogP contribution < -0.4 is 16.2 Å². The van der Waals surface area contributed by atoms with Gasteiger partial charge in [-0.1, -0.05) is 36.4 Å². The summed E-state index contributed by atoms with van der Waals surface area (Å²) in [5, 5.41) is 0.124. The summed E-state index contributed by atoms with van der Waals surface area (Å²) in [5.74, 6) is 4.26. The number of hydrazine groups is 1. The van der Waals surface area contributed by atoms with Crippen LogP contribution in [0.5, 0.6) is 0 Å². The smallest absolute Gasteiger partial charge is 0.295 e. The Labute approximate surface area is 418 Å². The Morgan fingerprint density at radius 1 is 0.694 bits per heavy atom. The molecule has 2 aliphatic rings. The van der Waals surface area contributed by atoms with Crippen molar-refractivity contribution in [3.05, 3.63) is 108 Å². The number of amides is 1. The largest absolute Gasteiger partial charge is 0.383 e. The second-order valence-corrected chi connectivity index (χ2v) is 25.1. The third kappa shape index (κ3) is 11.9. The van der Waals surface area contributed by atoms with E-state index in [0.29, 0.717) is 71.9 Å². The van der Waals surface area contributed by atoms with Crippen LogP contribution in [0.2, 0.25) is 0 Å². The maximum Gasteiger partial charge on any atom is 0.295 e. The normalized spacial score (nSPS) is 18.2. The van der Waals surface area contributed by atoms with Gasteiger partial charge in [0.25, 0.3) is 50.6 Å². The van der Waals surface area contributed by atoms with Crippen LogP contribution in [0.4, 0.5) is 11.4 Å². The number of carbonyl (C=O) groups is 1. The number of methoxy groups -OCH3 is 1. The number of hydrogen-bond donors (Lipinski definition) is 7. The molecule has 72 heavy (non-hydrogen) atoms. The van der Waals surface area contributed by atoms with Crippen LogP contribution in [-0.2, 0) is 71.0 Å². The molecule has 4 aromatic carbocycles. The average molecular weight is 1100 g/mol. The van der Waals surface area contributed by atoms with Crippen LogP contribution >= 0.6 is 0 Å². The van der Waals surface area contributed by atoms with Crippen LogP contribution in [0.25, 0.3) is 21.5 Å². The monoisotopic (exact) mass is 1100 g/mol. The molecule has 26 heteroatoms. The molecule has 0 radical (unpaired) electrons. The molecule has 0 aliphatic carbocycles. The molecule has 4 aromatic rings. The van der Waals surface area contributed by atoms with Crippen LogP contribution in [0.1, 0.15) is 70.4 Å². The summed E-state index contributed by atoms with van der Waals surface area (Å²) in [6.07, 6.45) is 13.8. The molecule has 6 rings (SSSR count). The molecule has 2 heterocycles. The number of nitrogens with zero attached hydrogens (tertiary/aromatic N) is 2. The molecule has 0 spiro atoms. The Balaban J connectivity index is 1.43. The van der Waals surface area contributed by atoms with E-state index in [0.717, 1.165) is 12.1 Å². The van der Waals surface area contributed by atoms with Gasteiger partial charge < -0.3 is 9.64 Å². The van der Waals surface area contributed by atoms with Crippen molar-refractivity contribution in [2.24, 2.45) is 5.84 Å². The zero-order chi connectivity index (χ0) is 53.4. The van der Waals surface area contributed by atoms with E-state index in [1.54, 1.807) is 55.5 Å². The van der Waals surface area contributed by atoms with E-state index < -0.39 is 86.8 Å². The summed E-state index contributed by atoms with van der Waals surface area (Å²) >= 11 is 0. The van der Waals surface area contributed by atoms with Crippen molar-refractivity contribution in [1.82, 2.24) is 5.43 Å². The molecule has 390 valence electrons. The second kappa shape index (κ2) is 20.9. The third-order valence-electron chi connectivity index (χ3n) is 12.8. The van der Waals surface area contributed by atoms with Gasteiger partial charge >= 0.3 is 0 Å². The van der Waals surface area contributed by atoms with E-state index in [-0.39, 0.29) is 59.9 Å². The first kappa shape index (κ1) is 56.1. The number of hydrogen-bond acceptors (Lipinski definition) is 14. The minimum absolute atomic E-state index is 0.0117. The predicted molar refractivity (Wildman–Crippen MR) is 268 cm³/mol. The van der Waals surface area contributed by atoms with Gasteiger partial charge in [0.15, 0.2) is 5.71 Å². The van der Waals surface area contributed by atoms with Gasteiger partial charge in [-0.15, -0.1) is 0 Å². The lowest BCUT2D eigenvalue weighted by Crippen LogP contribution is -2.31. The molecule has 0 bridgehead atoms. The quantitative estimate of drug-likeness (QED) is 0.0102. The topological polar surface area (TPSA) is 342 Å². The maximum atomic E-state index is 12.6. The number of anilines is 1. The molecule has 21 nitrogen and oxygen atoms in total. The van der Waals surface area contributed by atoms with Crippen LogP contribution in [0.3, 0.4) is 0 Å². The van der Waals surface area contributed by atoms with E-state index >= 15 is 0 Å². The summed E-state index contributed by atoms with van der Waals surface area (Å²) in [4.78, 5) is 10.5. The lowest BCUT2D eigenvalue weighted by molar-refractivity contribution is -0.438. The van der Waals surface area contributed by atoms with E-state index in [1.807, 2.05) is 29.4 Å². The number of rotatable bonds is 21. The highest BCUT2D eigenvalue weighted by atomic mass is 32.2. The molecule has 0 saturated carbocycles. The molecule has 1 atom stereocenters. The Hall–Kier alpha value is -5.23. The number of unbranched alkanes of at least 4 members (excludes halogenated alkanes) is 2. The summed E-state index contributed by atoms with van der Waals surface area (Å²) in [7, 11) is -23.0. The molecular formula is C46H55N4O17S5+. The van der Waals surface area contributed by atoms with Crippen molar-refractivity contribution in [1.29, 1.82) is 0 Å². The first-order valence-corrected chi connectivity index (χ1v) is 29.4. The Bertz CT molecular complexity index is 3600. The molecule has 2 aliphatic heterocycles. The Kier molecular flexibility index (Phi) is 16.3. The minimum Gasteiger partial charge on any atom is -0.383 e. The minimum atomic E-state index is -5.07. The number of nitrogens with two attached hydrogens (primary N) is 1. The third-order valence-corrected chi connectivity index (χ3v) is 17.0. The first-order chi connectivity index (χ1) is 33.4.